The van der Waals surface area contributed by atoms with Crippen LogP contribution in [-0.2, 0) is 4.74 Å². The van der Waals surface area contributed by atoms with Gasteiger partial charge in [0.25, 0.3) is 0 Å². The lowest BCUT2D eigenvalue weighted by molar-refractivity contribution is 0.161. The molecule has 21 heavy (non-hydrogen) atoms. The SMILES string of the molecule is COC(c1cc2ccccc2c2ccccc12)[Si](C)(C)C. The molecule has 0 aliphatic rings. The lowest BCUT2D eigenvalue weighted by atomic mass is 9.97. The molecule has 3 aromatic carbocycles. The average Bonchev–Trinajstić information content (AvgIpc) is 2.46. The molecule has 0 aliphatic heterocycles. The summed E-state index contributed by atoms with van der Waals surface area (Å²) in [5, 5.41) is 5.27. The number of hydrogen-bond acceptors (Lipinski definition) is 1. The Hall–Kier alpha value is -1.64. The van der Waals surface area contributed by atoms with E-state index >= 15 is 0 Å². The van der Waals surface area contributed by atoms with Gasteiger partial charge in [0, 0.05) is 7.11 Å². The van der Waals surface area contributed by atoms with Gasteiger partial charge in [-0.2, -0.15) is 0 Å². The van der Waals surface area contributed by atoms with Crippen LogP contribution in [0.4, 0.5) is 0 Å². The van der Waals surface area contributed by atoms with Crippen LogP contribution < -0.4 is 0 Å². The van der Waals surface area contributed by atoms with Gasteiger partial charge in [0.2, 0.25) is 0 Å². The molecule has 0 N–H and O–H groups in total. The zero-order chi connectivity index (χ0) is 15.0. The number of benzene rings is 3. The van der Waals surface area contributed by atoms with E-state index in [1.165, 1.54) is 27.1 Å². The minimum absolute atomic E-state index is 0.215. The van der Waals surface area contributed by atoms with E-state index in [0.29, 0.717) is 0 Å². The van der Waals surface area contributed by atoms with Crippen LogP contribution in [-0.4, -0.2) is 15.2 Å². The minimum atomic E-state index is -1.45. The predicted molar refractivity (Wildman–Crippen MR) is 94.6 cm³/mol. The summed E-state index contributed by atoms with van der Waals surface area (Å²) in [5.74, 6) is 0. The first-order valence-corrected chi connectivity index (χ1v) is 11.0. The topological polar surface area (TPSA) is 9.23 Å². The Morgan fingerprint density at radius 3 is 2.00 bits per heavy atom. The highest BCUT2D eigenvalue weighted by Gasteiger charge is 2.29. The van der Waals surface area contributed by atoms with Crippen LogP contribution in [0.3, 0.4) is 0 Å². The molecule has 0 radical (unpaired) electrons. The largest absolute Gasteiger partial charge is 0.380 e. The summed E-state index contributed by atoms with van der Waals surface area (Å²) >= 11 is 0. The summed E-state index contributed by atoms with van der Waals surface area (Å²) in [7, 11) is 0.386. The summed E-state index contributed by atoms with van der Waals surface area (Å²) in [5.41, 5.74) is 1.55. The molecule has 108 valence electrons. The van der Waals surface area contributed by atoms with Crippen molar-refractivity contribution in [2.75, 3.05) is 7.11 Å². The Bertz CT molecular complexity index is 786. The maximum atomic E-state index is 5.92. The van der Waals surface area contributed by atoms with Crippen molar-refractivity contribution in [2.45, 2.75) is 25.4 Å². The van der Waals surface area contributed by atoms with Crippen LogP contribution in [0.15, 0.2) is 54.6 Å². The van der Waals surface area contributed by atoms with Gasteiger partial charge >= 0.3 is 0 Å². The molecule has 0 aromatic heterocycles. The Morgan fingerprint density at radius 1 is 0.810 bits per heavy atom. The van der Waals surface area contributed by atoms with Crippen LogP contribution >= 0.6 is 0 Å². The minimum Gasteiger partial charge on any atom is -0.380 e. The fourth-order valence-corrected chi connectivity index (χ4v) is 5.13. The molecular formula is C19H22OSi. The molecule has 0 spiro atoms. The highest BCUT2D eigenvalue weighted by atomic mass is 28.3. The Kier molecular flexibility index (Phi) is 3.60. The smallest absolute Gasteiger partial charge is 0.0842 e. The number of ether oxygens (including phenoxy) is 1. The van der Waals surface area contributed by atoms with E-state index in [4.69, 9.17) is 4.74 Å². The van der Waals surface area contributed by atoms with Crippen molar-refractivity contribution >= 4 is 29.6 Å². The van der Waals surface area contributed by atoms with E-state index in [9.17, 15) is 0 Å². The van der Waals surface area contributed by atoms with E-state index in [1.54, 1.807) is 0 Å². The monoisotopic (exact) mass is 294 g/mol. The normalized spacial score (nSPS) is 13.7. The highest BCUT2D eigenvalue weighted by Crippen LogP contribution is 2.36. The third-order valence-electron chi connectivity index (χ3n) is 4.10. The van der Waals surface area contributed by atoms with Crippen molar-refractivity contribution in [2.24, 2.45) is 0 Å². The molecule has 3 rings (SSSR count). The van der Waals surface area contributed by atoms with E-state index in [-0.39, 0.29) is 5.73 Å². The predicted octanol–water partition coefficient (Wildman–Crippen LogP) is 5.56. The molecule has 0 aliphatic carbocycles. The molecule has 1 unspecified atom stereocenters. The van der Waals surface area contributed by atoms with Gasteiger partial charge in [0.1, 0.15) is 0 Å². The maximum absolute atomic E-state index is 5.92. The van der Waals surface area contributed by atoms with Crippen molar-refractivity contribution in [3.8, 4) is 0 Å². The summed E-state index contributed by atoms with van der Waals surface area (Å²) in [6, 6.07) is 19.6. The summed E-state index contributed by atoms with van der Waals surface area (Å²) in [6.45, 7) is 7.10. The second-order valence-corrected chi connectivity index (χ2v) is 12.0. The van der Waals surface area contributed by atoms with E-state index in [2.05, 4.69) is 74.2 Å². The molecule has 0 fully saturated rings. The highest BCUT2D eigenvalue weighted by molar-refractivity contribution is 6.77. The Labute approximate surface area is 127 Å². The van der Waals surface area contributed by atoms with Crippen LogP contribution in [0, 0.1) is 0 Å². The molecule has 1 nitrogen and oxygen atoms in total. The summed E-state index contributed by atoms with van der Waals surface area (Å²) in [4.78, 5) is 0. The number of rotatable bonds is 3. The van der Waals surface area contributed by atoms with Crippen LogP contribution in [0.25, 0.3) is 21.5 Å². The first kappa shape index (κ1) is 14.3. The van der Waals surface area contributed by atoms with Gasteiger partial charge in [0.05, 0.1) is 13.8 Å². The van der Waals surface area contributed by atoms with Crippen LogP contribution in [0.1, 0.15) is 11.3 Å². The Balaban J connectivity index is 2.40. The zero-order valence-electron chi connectivity index (χ0n) is 13.2. The molecule has 0 amide bonds. The number of fused-ring (bicyclic) bond motifs is 3. The second kappa shape index (κ2) is 5.28. The molecule has 0 saturated carbocycles. The average molecular weight is 294 g/mol. The molecule has 0 heterocycles. The van der Waals surface area contributed by atoms with Crippen LogP contribution in [0.2, 0.25) is 19.6 Å². The van der Waals surface area contributed by atoms with Gasteiger partial charge in [-0.05, 0) is 33.2 Å². The fraction of sp³-hybridized carbons (Fsp3) is 0.263. The third-order valence-corrected chi connectivity index (χ3v) is 6.22. The van der Waals surface area contributed by atoms with E-state index < -0.39 is 8.07 Å². The van der Waals surface area contributed by atoms with Gasteiger partial charge in [-0.1, -0.05) is 68.2 Å². The van der Waals surface area contributed by atoms with Gasteiger partial charge in [0.15, 0.2) is 0 Å². The van der Waals surface area contributed by atoms with Gasteiger partial charge < -0.3 is 4.74 Å². The first-order valence-electron chi connectivity index (χ1n) is 7.45. The fourth-order valence-electron chi connectivity index (χ4n) is 3.25. The molecule has 0 saturated heterocycles. The summed E-state index contributed by atoms with van der Waals surface area (Å²) < 4.78 is 5.92. The van der Waals surface area contributed by atoms with E-state index in [1.807, 2.05) is 7.11 Å². The quantitative estimate of drug-likeness (QED) is 0.454. The van der Waals surface area contributed by atoms with Crippen molar-refractivity contribution in [1.29, 1.82) is 0 Å². The first-order chi connectivity index (χ1) is 10.0. The van der Waals surface area contributed by atoms with Gasteiger partial charge in [-0.25, -0.2) is 0 Å². The molecule has 3 aromatic rings. The third kappa shape index (κ3) is 2.50. The van der Waals surface area contributed by atoms with Crippen molar-refractivity contribution in [1.82, 2.24) is 0 Å². The second-order valence-electron chi connectivity index (χ2n) is 6.71. The number of hydrogen-bond donors (Lipinski definition) is 0. The van der Waals surface area contributed by atoms with Crippen molar-refractivity contribution < 1.29 is 4.74 Å². The molecule has 2 heteroatoms. The van der Waals surface area contributed by atoms with Crippen molar-refractivity contribution in [3.05, 3.63) is 60.2 Å². The lowest BCUT2D eigenvalue weighted by Gasteiger charge is -2.29. The molecular weight excluding hydrogens is 272 g/mol. The Morgan fingerprint density at radius 2 is 1.38 bits per heavy atom. The molecule has 1 atom stereocenters. The van der Waals surface area contributed by atoms with E-state index in [0.717, 1.165) is 0 Å². The zero-order valence-corrected chi connectivity index (χ0v) is 14.2. The lowest BCUT2D eigenvalue weighted by Crippen LogP contribution is -2.32. The van der Waals surface area contributed by atoms with Crippen molar-refractivity contribution in [3.63, 3.8) is 0 Å². The van der Waals surface area contributed by atoms with Gasteiger partial charge in [-0.15, -0.1) is 0 Å². The molecule has 0 bridgehead atoms. The summed E-state index contributed by atoms with van der Waals surface area (Å²) in [6.07, 6.45) is 0. The van der Waals surface area contributed by atoms with Crippen LogP contribution in [0.5, 0.6) is 0 Å². The maximum Gasteiger partial charge on any atom is 0.0842 e. The number of methoxy groups -OCH3 is 1. The standard InChI is InChI=1S/C19H22OSi/c1-20-19(21(2,3)4)18-13-14-9-5-6-10-15(14)16-11-7-8-12-17(16)18/h5-13,19H,1-4H3. The van der Waals surface area contributed by atoms with Gasteiger partial charge in [-0.3, -0.25) is 0 Å².